The number of benzene rings is 1. The molecule has 0 radical (unpaired) electrons. The number of aliphatic hydroxyl groups is 5. The van der Waals surface area contributed by atoms with Crippen molar-refractivity contribution in [3.8, 4) is 0 Å². The standard InChI is InChI=1S/C29H44O7/c1-2-29(19-30,20-31)21-36-28(35)13-9-4-3-8-12-24-25(27(34)18-26(24)33)17-16-23(32)15-14-22-10-6-5-7-11-22/h3,5-8,10-11,16-17,23-27,30-34H,2,4,9,12-15,18-21H2,1H3/b8-3+,17-16+/t23?,24-,25-,26+,27-/m1/s1. The minimum atomic E-state index is -0.787. The highest BCUT2D eigenvalue weighted by atomic mass is 16.5. The maximum absolute atomic E-state index is 12.0. The number of aliphatic hydroxyl groups excluding tert-OH is 5. The summed E-state index contributed by atoms with van der Waals surface area (Å²) < 4.78 is 5.22. The van der Waals surface area contributed by atoms with Crippen LogP contribution in [0, 0.1) is 17.3 Å². The first-order valence-corrected chi connectivity index (χ1v) is 13.1. The minimum Gasteiger partial charge on any atom is -0.465 e. The Morgan fingerprint density at radius 2 is 1.86 bits per heavy atom. The molecule has 1 fully saturated rings. The second-order valence-corrected chi connectivity index (χ2v) is 10.0. The lowest BCUT2D eigenvalue weighted by molar-refractivity contribution is -0.149. The third-order valence-corrected chi connectivity index (χ3v) is 7.33. The molecule has 1 aromatic rings. The lowest BCUT2D eigenvalue weighted by Gasteiger charge is -2.27. The predicted octanol–water partition coefficient (Wildman–Crippen LogP) is 2.94. The van der Waals surface area contributed by atoms with E-state index in [1.807, 2.05) is 55.5 Å². The highest BCUT2D eigenvalue weighted by Crippen LogP contribution is 2.36. The van der Waals surface area contributed by atoms with Crippen molar-refractivity contribution in [2.75, 3.05) is 19.8 Å². The summed E-state index contributed by atoms with van der Waals surface area (Å²) in [5, 5.41) is 50.0. The minimum absolute atomic E-state index is 0.00290. The van der Waals surface area contributed by atoms with Crippen LogP contribution in [-0.2, 0) is 16.0 Å². The fourth-order valence-electron chi connectivity index (χ4n) is 4.53. The molecule has 2 rings (SSSR count). The van der Waals surface area contributed by atoms with E-state index < -0.39 is 23.7 Å². The number of ether oxygens (including phenoxy) is 1. The van der Waals surface area contributed by atoms with E-state index in [9.17, 15) is 30.3 Å². The van der Waals surface area contributed by atoms with Crippen LogP contribution in [0.15, 0.2) is 54.6 Å². The summed E-state index contributed by atoms with van der Waals surface area (Å²) >= 11 is 0. The average molecular weight is 505 g/mol. The van der Waals surface area contributed by atoms with Gasteiger partial charge in [0.1, 0.15) is 6.61 Å². The summed E-state index contributed by atoms with van der Waals surface area (Å²) in [6.45, 7) is 1.37. The van der Waals surface area contributed by atoms with Crippen molar-refractivity contribution in [2.24, 2.45) is 17.3 Å². The number of hydrogen-bond donors (Lipinski definition) is 5. The van der Waals surface area contributed by atoms with E-state index in [0.29, 0.717) is 38.5 Å². The molecule has 5 N–H and O–H groups in total. The van der Waals surface area contributed by atoms with Gasteiger partial charge >= 0.3 is 5.97 Å². The van der Waals surface area contributed by atoms with Crippen LogP contribution in [-0.4, -0.2) is 69.6 Å². The normalized spacial score (nSPS) is 23.5. The molecule has 36 heavy (non-hydrogen) atoms. The largest absolute Gasteiger partial charge is 0.465 e. The smallest absolute Gasteiger partial charge is 0.305 e. The third-order valence-electron chi connectivity index (χ3n) is 7.33. The van der Waals surface area contributed by atoms with E-state index in [4.69, 9.17) is 4.74 Å². The van der Waals surface area contributed by atoms with Crippen molar-refractivity contribution in [2.45, 2.75) is 76.6 Å². The summed E-state index contributed by atoms with van der Waals surface area (Å²) in [6, 6.07) is 9.98. The van der Waals surface area contributed by atoms with Crippen LogP contribution in [0.25, 0.3) is 0 Å². The zero-order valence-corrected chi connectivity index (χ0v) is 21.4. The fourth-order valence-corrected chi connectivity index (χ4v) is 4.53. The van der Waals surface area contributed by atoms with Crippen LogP contribution in [0.1, 0.15) is 57.4 Å². The van der Waals surface area contributed by atoms with Gasteiger partial charge < -0.3 is 30.3 Å². The van der Waals surface area contributed by atoms with Gasteiger partial charge in [-0.2, -0.15) is 0 Å². The molecule has 1 unspecified atom stereocenters. The lowest BCUT2D eigenvalue weighted by Crippen LogP contribution is -2.35. The van der Waals surface area contributed by atoms with E-state index in [1.54, 1.807) is 6.08 Å². The van der Waals surface area contributed by atoms with E-state index in [1.165, 1.54) is 5.56 Å². The second kappa shape index (κ2) is 15.9. The summed E-state index contributed by atoms with van der Waals surface area (Å²) in [7, 11) is 0. The Hall–Kier alpha value is -2.03. The maximum atomic E-state index is 12.0. The first-order chi connectivity index (χ1) is 17.3. The molecule has 0 spiro atoms. The van der Waals surface area contributed by atoms with E-state index >= 15 is 0 Å². The molecule has 7 heteroatoms. The maximum Gasteiger partial charge on any atom is 0.305 e. The monoisotopic (exact) mass is 504 g/mol. The molecule has 0 heterocycles. The Balaban J connectivity index is 1.73. The van der Waals surface area contributed by atoms with Crippen molar-refractivity contribution in [1.82, 2.24) is 0 Å². The molecule has 0 saturated heterocycles. The fraction of sp³-hybridized carbons (Fsp3) is 0.621. The van der Waals surface area contributed by atoms with Crippen molar-refractivity contribution >= 4 is 5.97 Å². The van der Waals surface area contributed by atoms with Gasteiger partial charge in [-0.3, -0.25) is 4.79 Å². The number of esters is 1. The van der Waals surface area contributed by atoms with Gasteiger partial charge in [0, 0.05) is 18.8 Å². The van der Waals surface area contributed by atoms with Gasteiger partial charge in [0.15, 0.2) is 0 Å². The molecule has 7 nitrogen and oxygen atoms in total. The van der Waals surface area contributed by atoms with Gasteiger partial charge in [0.05, 0.1) is 36.9 Å². The number of carbonyl (C=O) groups excluding carboxylic acids is 1. The van der Waals surface area contributed by atoms with Crippen LogP contribution >= 0.6 is 0 Å². The molecule has 0 aromatic heterocycles. The van der Waals surface area contributed by atoms with Gasteiger partial charge in [-0.15, -0.1) is 0 Å². The van der Waals surface area contributed by atoms with E-state index in [-0.39, 0.29) is 44.0 Å². The molecule has 0 bridgehead atoms. The van der Waals surface area contributed by atoms with E-state index in [2.05, 4.69) is 0 Å². The molecule has 0 amide bonds. The Kier molecular flexibility index (Phi) is 13.4. The molecule has 1 aromatic carbocycles. The Morgan fingerprint density at radius 1 is 1.14 bits per heavy atom. The number of rotatable bonds is 16. The first-order valence-electron chi connectivity index (χ1n) is 13.1. The Morgan fingerprint density at radius 3 is 2.53 bits per heavy atom. The second-order valence-electron chi connectivity index (χ2n) is 10.0. The zero-order valence-electron chi connectivity index (χ0n) is 21.4. The molecule has 1 aliphatic rings. The summed E-state index contributed by atoms with van der Waals surface area (Å²) in [6.07, 6.45) is 10.0. The zero-order chi connectivity index (χ0) is 26.4. The van der Waals surface area contributed by atoms with Gasteiger partial charge in [-0.1, -0.05) is 61.6 Å². The van der Waals surface area contributed by atoms with Gasteiger partial charge in [0.2, 0.25) is 0 Å². The van der Waals surface area contributed by atoms with Gasteiger partial charge in [-0.25, -0.2) is 0 Å². The number of allylic oxidation sites excluding steroid dienone is 2. The van der Waals surface area contributed by atoms with Crippen LogP contribution in [0.3, 0.4) is 0 Å². The van der Waals surface area contributed by atoms with Crippen molar-refractivity contribution in [3.05, 3.63) is 60.2 Å². The van der Waals surface area contributed by atoms with Crippen LogP contribution in [0.5, 0.6) is 0 Å². The van der Waals surface area contributed by atoms with Gasteiger partial charge in [-0.05, 0) is 50.0 Å². The lowest BCUT2D eigenvalue weighted by atomic mass is 9.88. The number of unbranched alkanes of at least 4 members (excludes halogenated alkanes) is 1. The van der Waals surface area contributed by atoms with Crippen molar-refractivity contribution < 1.29 is 35.1 Å². The number of carbonyl (C=O) groups is 1. The molecule has 5 atom stereocenters. The van der Waals surface area contributed by atoms with Crippen LogP contribution in [0.4, 0.5) is 0 Å². The Labute approximate surface area is 215 Å². The van der Waals surface area contributed by atoms with Crippen LogP contribution in [0.2, 0.25) is 0 Å². The molecule has 1 saturated carbocycles. The van der Waals surface area contributed by atoms with Crippen LogP contribution < -0.4 is 0 Å². The summed E-state index contributed by atoms with van der Waals surface area (Å²) in [5.74, 6) is -0.700. The summed E-state index contributed by atoms with van der Waals surface area (Å²) in [4.78, 5) is 12.0. The molecular formula is C29H44O7. The topological polar surface area (TPSA) is 127 Å². The SMILES string of the molecule is CCC(CO)(CO)COC(=O)CCC/C=C/C[C@@H]1[C@@H](/C=C/C(O)CCc2ccccc2)[C@H](O)C[C@@H]1O. The summed E-state index contributed by atoms with van der Waals surface area (Å²) in [5.41, 5.74) is 0.382. The predicted molar refractivity (Wildman–Crippen MR) is 139 cm³/mol. The molecule has 1 aliphatic carbocycles. The van der Waals surface area contributed by atoms with Crippen molar-refractivity contribution in [1.29, 1.82) is 0 Å². The Bertz CT molecular complexity index is 795. The van der Waals surface area contributed by atoms with E-state index in [0.717, 1.165) is 6.42 Å². The number of hydrogen-bond acceptors (Lipinski definition) is 7. The molecule has 202 valence electrons. The third kappa shape index (κ3) is 9.79. The first kappa shape index (κ1) is 30.2. The number of aryl methyl sites for hydroxylation is 1. The molecule has 0 aliphatic heterocycles. The van der Waals surface area contributed by atoms with Crippen molar-refractivity contribution in [3.63, 3.8) is 0 Å². The molecular weight excluding hydrogens is 460 g/mol. The quantitative estimate of drug-likeness (QED) is 0.133. The average Bonchev–Trinajstić information content (AvgIpc) is 3.16. The highest BCUT2D eigenvalue weighted by molar-refractivity contribution is 5.69. The van der Waals surface area contributed by atoms with Gasteiger partial charge in [0.25, 0.3) is 0 Å². The highest BCUT2D eigenvalue weighted by Gasteiger charge is 2.39.